The maximum absolute atomic E-state index is 11.9. The SMILES string of the molecule is CCCCC/C=C\C/C=C\C/C=C\C/C=C\CCCC(=O)NC12CC(C1)C2. The minimum Gasteiger partial charge on any atom is -0.351 e. The van der Waals surface area contributed by atoms with E-state index in [9.17, 15) is 4.79 Å². The Balaban J connectivity index is 1.36. The van der Waals surface area contributed by atoms with E-state index in [1.54, 1.807) is 0 Å². The molecule has 1 N–H and O–H groups in total. The zero-order chi connectivity index (χ0) is 19.2. The summed E-state index contributed by atoms with van der Waals surface area (Å²) in [4.78, 5) is 11.9. The fourth-order valence-corrected chi connectivity index (χ4v) is 3.93. The van der Waals surface area contributed by atoms with Crippen LogP contribution in [-0.2, 0) is 4.79 Å². The molecule has 2 heteroatoms. The first-order chi connectivity index (χ1) is 13.2. The average molecular weight is 370 g/mol. The summed E-state index contributed by atoms with van der Waals surface area (Å²) >= 11 is 0. The zero-order valence-corrected chi connectivity index (χ0v) is 17.3. The lowest BCUT2D eigenvalue weighted by Gasteiger charge is -2.61. The van der Waals surface area contributed by atoms with Crippen molar-refractivity contribution in [1.82, 2.24) is 5.32 Å². The molecule has 0 atom stereocenters. The second-order valence-electron chi connectivity index (χ2n) is 8.29. The molecule has 150 valence electrons. The van der Waals surface area contributed by atoms with Crippen LogP contribution in [0, 0.1) is 5.92 Å². The third-order valence-corrected chi connectivity index (χ3v) is 5.67. The van der Waals surface area contributed by atoms with Crippen molar-refractivity contribution < 1.29 is 4.79 Å². The molecule has 3 fully saturated rings. The van der Waals surface area contributed by atoms with Gasteiger partial charge in [0.2, 0.25) is 5.91 Å². The van der Waals surface area contributed by atoms with Crippen LogP contribution in [0.15, 0.2) is 48.6 Å². The Hall–Kier alpha value is -1.57. The summed E-state index contributed by atoms with van der Waals surface area (Å²) in [5.41, 5.74) is 0.238. The molecule has 3 aliphatic rings. The highest BCUT2D eigenvalue weighted by atomic mass is 16.1. The van der Waals surface area contributed by atoms with Gasteiger partial charge in [-0.3, -0.25) is 4.79 Å². The van der Waals surface area contributed by atoms with Gasteiger partial charge < -0.3 is 5.32 Å². The lowest BCUT2D eigenvalue weighted by molar-refractivity contribution is -0.132. The highest BCUT2D eigenvalue weighted by Gasteiger charge is 2.57. The van der Waals surface area contributed by atoms with Gasteiger partial charge in [0.25, 0.3) is 0 Å². The van der Waals surface area contributed by atoms with Gasteiger partial charge in [-0.25, -0.2) is 0 Å². The number of nitrogens with one attached hydrogen (secondary N) is 1. The summed E-state index contributed by atoms with van der Waals surface area (Å²) in [6.45, 7) is 2.24. The van der Waals surface area contributed by atoms with E-state index in [2.05, 4.69) is 60.8 Å². The highest BCUT2D eigenvalue weighted by Crippen LogP contribution is 2.56. The molecule has 0 radical (unpaired) electrons. The molecule has 0 aromatic heterocycles. The number of hydrogen-bond donors (Lipinski definition) is 1. The summed E-state index contributed by atoms with van der Waals surface area (Å²) in [7, 11) is 0. The van der Waals surface area contributed by atoms with E-state index in [4.69, 9.17) is 0 Å². The molecule has 2 bridgehead atoms. The van der Waals surface area contributed by atoms with E-state index in [0.29, 0.717) is 6.42 Å². The van der Waals surface area contributed by atoms with Crippen LogP contribution in [0.1, 0.15) is 90.4 Å². The fourth-order valence-electron chi connectivity index (χ4n) is 3.93. The summed E-state index contributed by atoms with van der Waals surface area (Å²) in [5, 5.41) is 3.23. The van der Waals surface area contributed by atoms with Crippen molar-refractivity contribution in [2.75, 3.05) is 0 Å². The van der Waals surface area contributed by atoms with E-state index in [1.165, 1.54) is 44.9 Å². The number of hydrogen-bond acceptors (Lipinski definition) is 1. The topological polar surface area (TPSA) is 29.1 Å². The van der Waals surface area contributed by atoms with Crippen molar-refractivity contribution in [2.45, 2.75) is 95.9 Å². The third kappa shape index (κ3) is 8.77. The van der Waals surface area contributed by atoms with Crippen molar-refractivity contribution in [3.63, 3.8) is 0 Å². The number of unbranched alkanes of at least 4 members (excludes halogenated alkanes) is 4. The largest absolute Gasteiger partial charge is 0.351 e. The highest BCUT2D eigenvalue weighted by molar-refractivity contribution is 5.77. The maximum Gasteiger partial charge on any atom is 0.220 e. The number of carbonyl (C=O) groups is 1. The van der Waals surface area contributed by atoms with Gasteiger partial charge in [0.05, 0.1) is 0 Å². The summed E-state index contributed by atoms with van der Waals surface area (Å²) in [6.07, 6.45) is 32.5. The van der Waals surface area contributed by atoms with Crippen molar-refractivity contribution in [2.24, 2.45) is 5.92 Å². The van der Waals surface area contributed by atoms with E-state index in [0.717, 1.165) is 38.0 Å². The zero-order valence-electron chi connectivity index (χ0n) is 17.3. The molecule has 0 aliphatic heterocycles. The van der Waals surface area contributed by atoms with Crippen molar-refractivity contribution in [3.8, 4) is 0 Å². The molecule has 0 saturated heterocycles. The number of rotatable bonds is 15. The molecule has 0 unspecified atom stereocenters. The predicted molar refractivity (Wildman–Crippen MR) is 117 cm³/mol. The Morgan fingerprint density at radius 1 is 0.815 bits per heavy atom. The molecule has 3 aliphatic carbocycles. The quantitative estimate of drug-likeness (QED) is 0.249. The Morgan fingerprint density at radius 3 is 1.81 bits per heavy atom. The smallest absolute Gasteiger partial charge is 0.220 e. The van der Waals surface area contributed by atoms with Gasteiger partial charge in [-0.05, 0) is 70.1 Å². The molecule has 0 heterocycles. The minimum absolute atomic E-state index is 0.238. The molecule has 2 nitrogen and oxygen atoms in total. The number of allylic oxidation sites excluding steroid dienone is 8. The molecule has 3 rings (SSSR count). The Morgan fingerprint density at radius 2 is 1.33 bits per heavy atom. The normalized spacial score (nSPS) is 24.1. The first kappa shape index (κ1) is 21.7. The molecule has 27 heavy (non-hydrogen) atoms. The van der Waals surface area contributed by atoms with Gasteiger partial charge in [0.1, 0.15) is 0 Å². The lowest BCUT2D eigenvalue weighted by Crippen LogP contribution is -2.68. The number of amides is 1. The Bertz CT molecular complexity index is 524. The lowest BCUT2D eigenvalue weighted by atomic mass is 9.50. The van der Waals surface area contributed by atoms with Crippen molar-refractivity contribution in [1.29, 1.82) is 0 Å². The van der Waals surface area contributed by atoms with Crippen molar-refractivity contribution >= 4 is 5.91 Å². The standard InChI is InChI=1S/C25H39NO/c1-2-3-4-5-6-7-8-9-10-11-12-13-14-15-16-17-18-19-24(27)26-25-20-23(21-25)22-25/h6-7,9-10,12-13,15-16,23H,2-5,8,11,14,17-22H2,1H3,(H,26,27)/b7-6-,10-9-,13-12-,16-15-. The van der Waals surface area contributed by atoms with Gasteiger partial charge in [0, 0.05) is 12.0 Å². The van der Waals surface area contributed by atoms with Crippen LogP contribution in [0.3, 0.4) is 0 Å². The molecular formula is C25H39NO. The molecule has 0 spiro atoms. The van der Waals surface area contributed by atoms with Crippen LogP contribution in [0.25, 0.3) is 0 Å². The molecule has 0 aromatic carbocycles. The molecular weight excluding hydrogens is 330 g/mol. The van der Waals surface area contributed by atoms with Crippen LogP contribution in [0.4, 0.5) is 0 Å². The third-order valence-electron chi connectivity index (χ3n) is 5.67. The predicted octanol–water partition coefficient (Wildman–Crippen LogP) is 6.80. The van der Waals surface area contributed by atoms with Crippen molar-refractivity contribution in [3.05, 3.63) is 48.6 Å². The minimum atomic E-state index is 0.238. The first-order valence-electron chi connectivity index (χ1n) is 11.1. The van der Waals surface area contributed by atoms with Crippen LogP contribution in [0.2, 0.25) is 0 Å². The van der Waals surface area contributed by atoms with Gasteiger partial charge in [-0.15, -0.1) is 0 Å². The number of carbonyl (C=O) groups excluding carboxylic acids is 1. The van der Waals surface area contributed by atoms with Gasteiger partial charge in [0.15, 0.2) is 0 Å². The van der Waals surface area contributed by atoms with Gasteiger partial charge in [-0.1, -0.05) is 68.4 Å². The van der Waals surface area contributed by atoms with E-state index < -0.39 is 0 Å². The summed E-state index contributed by atoms with van der Waals surface area (Å²) < 4.78 is 0. The molecule has 3 saturated carbocycles. The second-order valence-corrected chi connectivity index (χ2v) is 8.29. The molecule has 0 aromatic rings. The second kappa shape index (κ2) is 12.8. The Labute approximate surface area is 166 Å². The van der Waals surface area contributed by atoms with Crippen LogP contribution >= 0.6 is 0 Å². The fraction of sp³-hybridized carbons (Fsp3) is 0.640. The first-order valence-corrected chi connectivity index (χ1v) is 11.1. The van der Waals surface area contributed by atoms with Gasteiger partial charge in [-0.2, -0.15) is 0 Å². The van der Waals surface area contributed by atoms with E-state index in [-0.39, 0.29) is 11.4 Å². The van der Waals surface area contributed by atoms with Crippen LogP contribution in [0.5, 0.6) is 0 Å². The summed E-state index contributed by atoms with van der Waals surface area (Å²) in [5.74, 6) is 1.18. The van der Waals surface area contributed by atoms with E-state index in [1.807, 2.05) is 0 Å². The monoisotopic (exact) mass is 369 g/mol. The van der Waals surface area contributed by atoms with Crippen LogP contribution in [-0.4, -0.2) is 11.4 Å². The maximum atomic E-state index is 11.9. The average Bonchev–Trinajstić information content (AvgIpc) is 2.60. The van der Waals surface area contributed by atoms with E-state index >= 15 is 0 Å². The summed E-state index contributed by atoms with van der Waals surface area (Å²) in [6, 6.07) is 0. The Kier molecular flexibility index (Phi) is 10.3. The molecule has 1 amide bonds. The van der Waals surface area contributed by atoms with Gasteiger partial charge >= 0.3 is 0 Å². The van der Waals surface area contributed by atoms with Crippen LogP contribution < -0.4 is 5.32 Å².